The molecule has 1 unspecified atom stereocenters. The molecule has 1 N–H and O–H groups in total. The second kappa shape index (κ2) is 6.35. The fourth-order valence-electron chi connectivity index (χ4n) is 1.12. The summed E-state index contributed by atoms with van der Waals surface area (Å²) in [6.45, 7) is 7.02. The fraction of sp³-hybridized carbons (Fsp3) is 0.909. The zero-order chi connectivity index (χ0) is 13.7. The first kappa shape index (κ1) is 16.4. The van der Waals surface area contributed by atoms with Gasteiger partial charge in [0.15, 0.2) is 9.84 Å². The number of ether oxygens (including phenoxy) is 1. The number of esters is 1. The lowest BCUT2D eigenvalue weighted by atomic mass is 10.2. The van der Waals surface area contributed by atoms with Crippen molar-refractivity contribution in [2.75, 3.05) is 18.6 Å². The van der Waals surface area contributed by atoms with E-state index in [4.69, 9.17) is 4.74 Å². The van der Waals surface area contributed by atoms with Crippen LogP contribution in [0, 0.1) is 0 Å². The summed E-state index contributed by atoms with van der Waals surface area (Å²) < 4.78 is 28.2. The summed E-state index contributed by atoms with van der Waals surface area (Å²) in [6, 6.07) is 0.114. The van der Waals surface area contributed by atoms with Gasteiger partial charge in [0.05, 0.1) is 5.75 Å². The van der Waals surface area contributed by atoms with E-state index < -0.39 is 27.2 Å². The molecule has 0 heterocycles. The Morgan fingerprint density at radius 2 is 1.88 bits per heavy atom. The summed E-state index contributed by atoms with van der Waals surface area (Å²) in [6.07, 6.45) is 0.488. The fourth-order valence-corrected chi connectivity index (χ4v) is 2.40. The quantitative estimate of drug-likeness (QED) is 0.717. The summed E-state index contributed by atoms with van der Waals surface area (Å²) in [5, 5.41) is 2.95. The Kier molecular flexibility index (Phi) is 6.12. The summed E-state index contributed by atoms with van der Waals surface area (Å²) >= 11 is 0. The minimum atomic E-state index is -3.37. The molecule has 0 amide bonds. The van der Waals surface area contributed by atoms with Crippen LogP contribution in [-0.4, -0.2) is 44.6 Å². The third kappa shape index (κ3) is 9.12. The lowest BCUT2D eigenvalue weighted by Gasteiger charge is -2.19. The number of hydrogen-bond donors (Lipinski definition) is 1. The molecule has 0 aromatic heterocycles. The van der Waals surface area contributed by atoms with E-state index in [1.807, 2.05) is 6.92 Å². The van der Waals surface area contributed by atoms with Crippen molar-refractivity contribution < 1.29 is 17.9 Å². The molecule has 0 aliphatic heterocycles. The highest BCUT2D eigenvalue weighted by Crippen LogP contribution is 2.08. The summed E-state index contributed by atoms with van der Waals surface area (Å²) in [5.74, 6) is -1.23. The van der Waals surface area contributed by atoms with E-state index in [2.05, 4.69) is 5.32 Å². The van der Waals surface area contributed by atoms with Crippen molar-refractivity contribution in [1.82, 2.24) is 5.32 Å². The van der Waals surface area contributed by atoms with Gasteiger partial charge in [-0.25, -0.2) is 8.42 Å². The van der Waals surface area contributed by atoms with Gasteiger partial charge >= 0.3 is 5.97 Å². The Morgan fingerprint density at radius 1 is 1.35 bits per heavy atom. The van der Waals surface area contributed by atoms with E-state index in [0.29, 0.717) is 6.42 Å². The molecule has 17 heavy (non-hydrogen) atoms. The molecular formula is C11H23NO4S. The number of hydrogen-bond acceptors (Lipinski definition) is 5. The van der Waals surface area contributed by atoms with E-state index in [-0.39, 0.29) is 11.8 Å². The minimum Gasteiger partial charge on any atom is -0.459 e. The predicted octanol–water partition coefficient (Wildman–Crippen LogP) is 0.741. The van der Waals surface area contributed by atoms with Crippen LogP contribution in [0.1, 0.15) is 34.1 Å². The van der Waals surface area contributed by atoms with Gasteiger partial charge in [-0.1, -0.05) is 0 Å². The van der Waals surface area contributed by atoms with Gasteiger partial charge < -0.3 is 10.1 Å². The highest BCUT2D eigenvalue weighted by molar-refractivity contribution is 7.92. The maximum atomic E-state index is 11.6. The molecule has 0 saturated carbocycles. The molecule has 6 heteroatoms. The lowest BCUT2D eigenvalue weighted by molar-refractivity contribution is -0.151. The zero-order valence-corrected chi connectivity index (χ0v) is 12.1. The van der Waals surface area contributed by atoms with Crippen molar-refractivity contribution in [2.45, 2.75) is 45.8 Å². The van der Waals surface area contributed by atoms with Crippen molar-refractivity contribution in [1.29, 1.82) is 0 Å². The first-order valence-electron chi connectivity index (χ1n) is 5.65. The Hall–Kier alpha value is -0.620. The van der Waals surface area contributed by atoms with Crippen molar-refractivity contribution in [3.8, 4) is 0 Å². The van der Waals surface area contributed by atoms with Crippen LogP contribution in [0.4, 0.5) is 0 Å². The second-order valence-corrected chi connectivity index (χ2v) is 7.34. The zero-order valence-electron chi connectivity index (χ0n) is 11.2. The third-order valence-electron chi connectivity index (χ3n) is 2.11. The number of carbonyl (C=O) groups is 1. The van der Waals surface area contributed by atoms with Gasteiger partial charge in [-0.3, -0.25) is 4.79 Å². The number of nitrogens with one attached hydrogen (secondary N) is 1. The lowest BCUT2D eigenvalue weighted by Crippen LogP contribution is -2.31. The number of rotatable bonds is 6. The van der Waals surface area contributed by atoms with Crippen LogP contribution in [0.3, 0.4) is 0 Å². The van der Waals surface area contributed by atoms with E-state index >= 15 is 0 Å². The molecule has 102 valence electrons. The van der Waals surface area contributed by atoms with Crippen LogP contribution < -0.4 is 5.32 Å². The van der Waals surface area contributed by atoms with Crippen molar-refractivity contribution >= 4 is 15.8 Å². The molecular weight excluding hydrogens is 242 g/mol. The second-order valence-electron chi connectivity index (χ2n) is 5.16. The Morgan fingerprint density at radius 3 is 2.29 bits per heavy atom. The molecule has 0 bridgehead atoms. The average molecular weight is 265 g/mol. The van der Waals surface area contributed by atoms with Gasteiger partial charge in [0.2, 0.25) is 0 Å². The van der Waals surface area contributed by atoms with Gasteiger partial charge in [-0.15, -0.1) is 0 Å². The summed E-state index contributed by atoms with van der Waals surface area (Å²) in [7, 11) is -1.60. The van der Waals surface area contributed by atoms with Crippen molar-refractivity contribution in [3.05, 3.63) is 0 Å². The third-order valence-corrected chi connectivity index (χ3v) is 3.65. The molecule has 0 fully saturated rings. The molecule has 0 aliphatic carbocycles. The molecule has 5 nitrogen and oxygen atoms in total. The molecule has 1 atom stereocenters. The molecule has 0 aliphatic rings. The monoisotopic (exact) mass is 265 g/mol. The van der Waals surface area contributed by atoms with Crippen LogP contribution in [0.15, 0.2) is 0 Å². The topological polar surface area (TPSA) is 72.5 Å². The molecule has 0 rings (SSSR count). The molecule has 0 radical (unpaired) electrons. The molecule has 0 saturated heterocycles. The van der Waals surface area contributed by atoms with Crippen molar-refractivity contribution in [2.24, 2.45) is 0 Å². The number of sulfone groups is 1. The van der Waals surface area contributed by atoms with Crippen LogP contribution in [0.5, 0.6) is 0 Å². The Bertz CT molecular complexity index is 343. The average Bonchev–Trinajstić information content (AvgIpc) is 2.10. The van der Waals surface area contributed by atoms with E-state index in [9.17, 15) is 13.2 Å². The summed E-state index contributed by atoms with van der Waals surface area (Å²) in [4.78, 5) is 11.4. The SMILES string of the molecule is CNC(C)CCS(=O)(=O)CC(=O)OC(C)(C)C. The molecule has 0 aromatic carbocycles. The van der Waals surface area contributed by atoms with Gasteiger partial charge in [0.1, 0.15) is 11.4 Å². The maximum Gasteiger partial charge on any atom is 0.321 e. The number of carbonyl (C=O) groups excluding carboxylic acids is 1. The normalized spacial score (nSPS) is 14.4. The molecule has 0 spiro atoms. The van der Waals surface area contributed by atoms with Crippen LogP contribution >= 0.6 is 0 Å². The highest BCUT2D eigenvalue weighted by Gasteiger charge is 2.22. The van der Waals surface area contributed by atoms with Gasteiger partial charge in [0, 0.05) is 6.04 Å². The van der Waals surface area contributed by atoms with Gasteiger partial charge in [-0.2, -0.15) is 0 Å². The Balaban J connectivity index is 4.22. The standard InChI is InChI=1S/C11H23NO4S/c1-9(12-5)6-7-17(14,15)8-10(13)16-11(2,3)4/h9,12H,6-8H2,1-5H3. The van der Waals surface area contributed by atoms with Crippen LogP contribution in [0.25, 0.3) is 0 Å². The van der Waals surface area contributed by atoms with E-state index in [1.54, 1.807) is 27.8 Å². The van der Waals surface area contributed by atoms with Gasteiger partial charge in [-0.05, 0) is 41.2 Å². The molecule has 0 aromatic rings. The minimum absolute atomic E-state index is 0.00570. The van der Waals surface area contributed by atoms with Crippen molar-refractivity contribution in [3.63, 3.8) is 0 Å². The van der Waals surface area contributed by atoms with Crippen LogP contribution in [0.2, 0.25) is 0 Å². The Labute approximate surface area is 104 Å². The highest BCUT2D eigenvalue weighted by atomic mass is 32.2. The first-order valence-corrected chi connectivity index (χ1v) is 7.47. The summed E-state index contributed by atoms with van der Waals surface area (Å²) in [5.41, 5.74) is -0.648. The predicted molar refractivity (Wildman–Crippen MR) is 67.6 cm³/mol. The smallest absolute Gasteiger partial charge is 0.321 e. The largest absolute Gasteiger partial charge is 0.459 e. The van der Waals surface area contributed by atoms with Gasteiger partial charge in [0.25, 0.3) is 0 Å². The van der Waals surface area contributed by atoms with E-state index in [0.717, 1.165) is 0 Å². The maximum absolute atomic E-state index is 11.6. The van der Waals surface area contributed by atoms with E-state index in [1.165, 1.54) is 0 Å². The van der Waals surface area contributed by atoms with Crippen LogP contribution in [-0.2, 0) is 19.4 Å². The first-order chi connectivity index (χ1) is 7.56.